The largest absolute Gasteiger partial charge is 0.462 e. The molecule has 346 valence electrons. The van der Waals surface area contributed by atoms with Crippen molar-refractivity contribution in [1.29, 1.82) is 0 Å². The third-order valence-corrected chi connectivity index (χ3v) is 10.8. The Bertz CT molecular complexity index is 1100. The lowest BCUT2D eigenvalue weighted by Crippen LogP contribution is -2.30. The molecule has 0 bridgehead atoms. The number of allylic oxidation sites excluding steroid dienone is 10. The number of rotatable bonds is 45. The molecule has 0 aromatic carbocycles. The van der Waals surface area contributed by atoms with E-state index in [1.807, 2.05) is 0 Å². The van der Waals surface area contributed by atoms with E-state index < -0.39 is 6.10 Å². The van der Waals surface area contributed by atoms with E-state index in [1.165, 1.54) is 128 Å². The Morgan fingerprint density at radius 3 is 1.17 bits per heavy atom. The lowest BCUT2D eigenvalue weighted by Gasteiger charge is -2.18. The molecular formula is C54H94O6. The molecule has 1 unspecified atom stereocenters. The summed E-state index contributed by atoms with van der Waals surface area (Å²) in [6.45, 7) is 6.51. The monoisotopic (exact) mass is 839 g/mol. The van der Waals surface area contributed by atoms with Crippen LogP contribution >= 0.6 is 0 Å². The van der Waals surface area contributed by atoms with Gasteiger partial charge in [-0.2, -0.15) is 0 Å². The fourth-order valence-electron chi connectivity index (χ4n) is 6.91. The van der Waals surface area contributed by atoms with Crippen LogP contribution in [-0.4, -0.2) is 37.2 Å². The molecule has 0 rings (SSSR count). The molecule has 0 radical (unpaired) electrons. The minimum absolute atomic E-state index is 0.102. The molecule has 0 spiro atoms. The zero-order valence-electron chi connectivity index (χ0n) is 39.5. The van der Waals surface area contributed by atoms with Crippen molar-refractivity contribution >= 4 is 17.9 Å². The zero-order chi connectivity index (χ0) is 43.7. The van der Waals surface area contributed by atoms with Crippen LogP contribution in [0.25, 0.3) is 0 Å². The second-order valence-corrected chi connectivity index (χ2v) is 16.8. The fraction of sp³-hybridized carbons (Fsp3) is 0.759. The van der Waals surface area contributed by atoms with Crippen molar-refractivity contribution in [2.45, 2.75) is 252 Å². The lowest BCUT2D eigenvalue weighted by molar-refractivity contribution is -0.167. The van der Waals surface area contributed by atoms with Gasteiger partial charge in [-0.15, -0.1) is 0 Å². The van der Waals surface area contributed by atoms with Gasteiger partial charge in [-0.25, -0.2) is 0 Å². The third-order valence-electron chi connectivity index (χ3n) is 10.8. The molecule has 6 heteroatoms. The molecule has 0 aliphatic rings. The highest BCUT2D eigenvalue weighted by molar-refractivity contribution is 5.71. The van der Waals surface area contributed by atoms with Gasteiger partial charge in [0, 0.05) is 19.3 Å². The van der Waals surface area contributed by atoms with Crippen LogP contribution in [0.5, 0.6) is 0 Å². The van der Waals surface area contributed by atoms with Crippen molar-refractivity contribution in [2.75, 3.05) is 13.2 Å². The normalized spacial score (nSPS) is 12.5. The number of esters is 3. The van der Waals surface area contributed by atoms with Crippen molar-refractivity contribution < 1.29 is 28.6 Å². The van der Waals surface area contributed by atoms with Crippen LogP contribution in [0.4, 0.5) is 0 Å². The van der Waals surface area contributed by atoms with Gasteiger partial charge in [-0.05, 0) is 70.6 Å². The Morgan fingerprint density at radius 1 is 0.350 bits per heavy atom. The van der Waals surface area contributed by atoms with Gasteiger partial charge in [0.2, 0.25) is 0 Å². The highest BCUT2D eigenvalue weighted by Crippen LogP contribution is 2.15. The second-order valence-electron chi connectivity index (χ2n) is 16.8. The Morgan fingerprint density at radius 2 is 0.683 bits per heavy atom. The number of hydrogen-bond acceptors (Lipinski definition) is 6. The van der Waals surface area contributed by atoms with Gasteiger partial charge < -0.3 is 14.2 Å². The number of ether oxygens (including phenoxy) is 3. The first kappa shape index (κ1) is 57.1. The average Bonchev–Trinajstić information content (AvgIpc) is 3.24. The van der Waals surface area contributed by atoms with Crippen molar-refractivity contribution in [2.24, 2.45) is 0 Å². The van der Waals surface area contributed by atoms with Gasteiger partial charge in [0.25, 0.3) is 0 Å². The Labute approximate surface area is 370 Å². The smallest absolute Gasteiger partial charge is 0.306 e. The van der Waals surface area contributed by atoms with Crippen LogP contribution in [-0.2, 0) is 28.6 Å². The SMILES string of the molecule is CCCC/C=C\C=C/CCCCCC(=O)OCC(COC(=O)CCC/C=C\C/C=C\C/C=C\CCCCCCCC)OC(=O)CCCCCCCCCCCCCCCC. The molecule has 0 saturated carbocycles. The standard InChI is InChI=1S/C54H94O6/c1-4-7-10-13-16-19-22-24-26-27-28-30-32-35-38-41-44-47-53(56)59-50-51(49-58-52(55)46-43-40-37-34-31-21-18-15-12-9-6-3)60-54(57)48-45-42-39-36-33-29-25-23-20-17-14-11-8-5-2/h15,18,21,24,26,28,30-31,35,38,51H,4-14,16-17,19-20,22-23,25,27,29,32-34,36-37,39-50H2,1-3H3/b18-15-,26-24-,30-28-,31-21-,38-35-. The van der Waals surface area contributed by atoms with E-state index in [0.717, 1.165) is 70.6 Å². The summed E-state index contributed by atoms with van der Waals surface area (Å²) in [7, 11) is 0. The van der Waals surface area contributed by atoms with E-state index >= 15 is 0 Å². The highest BCUT2D eigenvalue weighted by Gasteiger charge is 2.19. The summed E-state index contributed by atoms with van der Waals surface area (Å²) in [5, 5.41) is 0. The highest BCUT2D eigenvalue weighted by atomic mass is 16.6. The van der Waals surface area contributed by atoms with Crippen molar-refractivity contribution in [3.63, 3.8) is 0 Å². The summed E-state index contributed by atoms with van der Waals surface area (Å²) in [5.74, 6) is -0.978. The van der Waals surface area contributed by atoms with Crippen LogP contribution in [0.1, 0.15) is 245 Å². The summed E-state index contributed by atoms with van der Waals surface area (Å²) in [6, 6.07) is 0. The molecule has 0 N–H and O–H groups in total. The van der Waals surface area contributed by atoms with E-state index in [-0.39, 0.29) is 37.5 Å². The predicted molar refractivity (Wildman–Crippen MR) is 256 cm³/mol. The van der Waals surface area contributed by atoms with Gasteiger partial charge in [0.15, 0.2) is 6.10 Å². The molecule has 0 aliphatic carbocycles. The van der Waals surface area contributed by atoms with Gasteiger partial charge in [-0.3, -0.25) is 14.4 Å². The summed E-state index contributed by atoms with van der Waals surface area (Å²) in [4.78, 5) is 37.8. The van der Waals surface area contributed by atoms with Gasteiger partial charge >= 0.3 is 17.9 Å². The predicted octanol–water partition coefficient (Wildman–Crippen LogP) is 16.5. The molecule has 0 heterocycles. The topological polar surface area (TPSA) is 78.9 Å². The van der Waals surface area contributed by atoms with Gasteiger partial charge in [-0.1, -0.05) is 216 Å². The van der Waals surface area contributed by atoms with Crippen molar-refractivity contribution in [3.05, 3.63) is 60.8 Å². The molecule has 0 aliphatic heterocycles. The van der Waals surface area contributed by atoms with E-state index in [1.54, 1.807) is 0 Å². The first-order valence-electron chi connectivity index (χ1n) is 25.3. The molecule has 0 saturated heterocycles. The molecule has 0 aromatic heterocycles. The Kier molecular flexibility index (Phi) is 46.4. The quantitative estimate of drug-likeness (QED) is 0.0200. The molecule has 6 nitrogen and oxygen atoms in total. The van der Waals surface area contributed by atoms with Crippen LogP contribution in [0.2, 0.25) is 0 Å². The number of hydrogen-bond donors (Lipinski definition) is 0. The summed E-state index contributed by atoms with van der Waals surface area (Å²) in [6.07, 6.45) is 59.3. The molecular weight excluding hydrogens is 745 g/mol. The number of unbranched alkanes of at least 4 members (excludes halogenated alkanes) is 25. The molecule has 60 heavy (non-hydrogen) atoms. The maximum atomic E-state index is 12.8. The van der Waals surface area contributed by atoms with E-state index in [0.29, 0.717) is 19.3 Å². The summed E-state index contributed by atoms with van der Waals surface area (Å²) >= 11 is 0. The first-order valence-corrected chi connectivity index (χ1v) is 25.3. The maximum Gasteiger partial charge on any atom is 0.306 e. The maximum absolute atomic E-state index is 12.8. The molecule has 0 aromatic rings. The zero-order valence-corrected chi connectivity index (χ0v) is 39.5. The summed E-state index contributed by atoms with van der Waals surface area (Å²) < 4.78 is 16.7. The first-order chi connectivity index (χ1) is 29.5. The van der Waals surface area contributed by atoms with E-state index in [9.17, 15) is 14.4 Å². The van der Waals surface area contributed by atoms with Crippen LogP contribution in [0.3, 0.4) is 0 Å². The second kappa shape index (κ2) is 48.8. The lowest BCUT2D eigenvalue weighted by atomic mass is 10.0. The number of carbonyl (C=O) groups is 3. The average molecular weight is 839 g/mol. The number of carbonyl (C=O) groups excluding carboxylic acids is 3. The van der Waals surface area contributed by atoms with Crippen molar-refractivity contribution in [3.8, 4) is 0 Å². The molecule has 1 atom stereocenters. The minimum atomic E-state index is -0.801. The van der Waals surface area contributed by atoms with E-state index in [4.69, 9.17) is 14.2 Å². The van der Waals surface area contributed by atoms with Gasteiger partial charge in [0.1, 0.15) is 13.2 Å². The Hall–Kier alpha value is -2.89. The van der Waals surface area contributed by atoms with Crippen LogP contribution in [0, 0.1) is 0 Å². The van der Waals surface area contributed by atoms with Gasteiger partial charge in [0.05, 0.1) is 0 Å². The van der Waals surface area contributed by atoms with E-state index in [2.05, 4.69) is 81.5 Å². The van der Waals surface area contributed by atoms with Crippen LogP contribution < -0.4 is 0 Å². The minimum Gasteiger partial charge on any atom is -0.462 e. The fourth-order valence-corrected chi connectivity index (χ4v) is 6.91. The third kappa shape index (κ3) is 46.2. The summed E-state index contributed by atoms with van der Waals surface area (Å²) in [5.41, 5.74) is 0. The van der Waals surface area contributed by atoms with Crippen molar-refractivity contribution in [1.82, 2.24) is 0 Å². The Balaban J connectivity index is 4.46. The molecule has 0 fully saturated rings. The molecule has 0 amide bonds. The van der Waals surface area contributed by atoms with Crippen LogP contribution in [0.15, 0.2) is 60.8 Å².